The molecule has 50 heavy (non-hydrogen) atoms. The molecule has 0 saturated carbocycles. The summed E-state index contributed by atoms with van der Waals surface area (Å²) < 4.78 is 26.0. The number of para-hydroxylation sites is 2. The van der Waals surface area contributed by atoms with E-state index >= 15 is 0 Å². The summed E-state index contributed by atoms with van der Waals surface area (Å²) in [5, 5.41) is 6.04. The molecule has 0 spiro atoms. The van der Waals surface area contributed by atoms with Gasteiger partial charge in [-0.3, -0.25) is 39.2 Å². The molecule has 0 bridgehead atoms. The Morgan fingerprint density at radius 3 is 1.18 bits per heavy atom. The predicted molar refractivity (Wildman–Crippen MR) is 187 cm³/mol. The zero-order valence-corrected chi connectivity index (χ0v) is 28.7. The Bertz CT molecular complexity index is 1640. The summed E-state index contributed by atoms with van der Waals surface area (Å²) >= 11 is 0. The first-order valence-corrected chi connectivity index (χ1v) is 16.9. The molecule has 5 rings (SSSR count). The van der Waals surface area contributed by atoms with Gasteiger partial charge >= 0.3 is 0 Å². The van der Waals surface area contributed by atoms with Crippen molar-refractivity contribution in [2.24, 2.45) is 0 Å². The van der Waals surface area contributed by atoms with E-state index in [4.69, 9.17) is 18.9 Å². The van der Waals surface area contributed by atoms with Crippen LogP contribution in [0.25, 0.3) is 11.4 Å². The summed E-state index contributed by atoms with van der Waals surface area (Å²) in [5.41, 5.74) is 1.86. The number of hydrogen-bond donors (Lipinski definition) is 2. The van der Waals surface area contributed by atoms with Crippen LogP contribution in [0.5, 0.6) is 0 Å². The van der Waals surface area contributed by atoms with Crippen molar-refractivity contribution >= 4 is 11.6 Å². The van der Waals surface area contributed by atoms with Gasteiger partial charge in [-0.1, -0.05) is 36.4 Å². The largest absolute Gasteiger partial charge is 0.378 e. The normalized spacial score (nSPS) is 16.8. The number of nitrogens with zero attached hydrogens (tertiary/aromatic N) is 4. The first-order valence-electron chi connectivity index (χ1n) is 16.9. The van der Waals surface area contributed by atoms with Gasteiger partial charge in [0.2, 0.25) is 0 Å². The lowest BCUT2D eigenvalue weighted by molar-refractivity contribution is 0.00882. The van der Waals surface area contributed by atoms with Crippen molar-refractivity contribution in [1.29, 1.82) is 0 Å². The molecule has 0 amide bonds. The van der Waals surface area contributed by atoms with Gasteiger partial charge in [-0.05, 0) is 38.1 Å². The van der Waals surface area contributed by atoms with Crippen LogP contribution in [-0.4, -0.2) is 133 Å². The molecule has 2 aromatic heterocycles. The average molecular weight is 691 g/mol. The number of aromatic nitrogens is 4. The van der Waals surface area contributed by atoms with Crippen molar-refractivity contribution in [1.82, 2.24) is 29.4 Å². The second-order valence-electron chi connectivity index (χ2n) is 12.0. The fraction of sp³-hybridized carbons (Fsp3) is 0.444. The van der Waals surface area contributed by atoms with Gasteiger partial charge in [-0.15, -0.1) is 0 Å². The molecule has 14 heteroatoms. The third-order valence-corrected chi connectivity index (χ3v) is 8.42. The first kappa shape index (κ1) is 36.8. The quantitative estimate of drug-likeness (QED) is 0.263. The number of H-pyrrole nitrogens is 2. The zero-order chi connectivity index (χ0) is 35.3. The molecule has 2 N–H and O–H groups in total. The van der Waals surface area contributed by atoms with Crippen molar-refractivity contribution in [2.75, 3.05) is 92.1 Å². The van der Waals surface area contributed by atoms with Crippen LogP contribution in [0.15, 0.2) is 70.3 Å². The van der Waals surface area contributed by atoms with E-state index in [1.807, 2.05) is 46.2 Å². The van der Waals surface area contributed by atoms with Gasteiger partial charge < -0.3 is 18.9 Å². The number of carbonyl (C=O) groups excluding carboxylic acids is 2. The van der Waals surface area contributed by atoms with Gasteiger partial charge in [0.05, 0.1) is 77.3 Å². The fourth-order valence-electron chi connectivity index (χ4n) is 5.79. The minimum atomic E-state index is -0.379. The van der Waals surface area contributed by atoms with Crippen LogP contribution >= 0.6 is 0 Å². The van der Waals surface area contributed by atoms with Crippen LogP contribution in [0.3, 0.4) is 0 Å². The predicted octanol–water partition coefficient (Wildman–Crippen LogP) is 2.01. The van der Waals surface area contributed by atoms with Gasteiger partial charge in [0, 0.05) is 37.6 Å². The highest BCUT2D eigenvalue weighted by molar-refractivity contribution is 5.99. The molecule has 0 radical (unpaired) electrons. The topological polar surface area (TPSA) is 153 Å². The van der Waals surface area contributed by atoms with E-state index in [0.717, 1.165) is 0 Å². The van der Waals surface area contributed by atoms with Crippen LogP contribution in [-0.2, 0) is 18.9 Å². The SMILES string of the molecule is Cc1[nH]n(-c2ccccc2)c(=O)c1C(=O)CN1CCOCCOCCN(CC(=O)c2c(C)[nH]n(-c3ccccc3)c2=O)CCOCCOCC1. The number of ether oxygens (including phenoxy) is 4. The molecule has 1 saturated heterocycles. The Labute approximate surface area is 290 Å². The highest BCUT2D eigenvalue weighted by atomic mass is 16.5. The van der Waals surface area contributed by atoms with Gasteiger partial charge in [0.1, 0.15) is 11.1 Å². The molecular formula is C36H46N6O8. The van der Waals surface area contributed by atoms with Crippen molar-refractivity contribution < 1.29 is 28.5 Å². The summed E-state index contributed by atoms with van der Waals surface area (Å²) in [4.78, 5) is 56.9. The number of aromatic amines is 2. The molecule has 4 aromatic rings. The number of hydrogen-bond acceptors (Lipinski definition) is 10. The van der Waals surface area contributed by atoms with Crippen molar-refractivity contribution in [2.45, 2.75) is 13.8 Å². The highest BCUT2D eigenvalue weighted by Gasteiger charge is 2.23. The lowest BCUT2D eigenvalue weighted by Gasteiger charge is -2.23. The smallest absolute Gasteiger partial charge is 0.282 e. The minimum Gasteiger partial charge on any atom is -0.378 e. The van der Waals surface area contributed by atoms with E-state index in [-0.39, 0.29) is 46.9 Å². The number of Topliss-reactive ketones (excluding diaryl/α,β-unsaturated/α-hetero) is 2. The molecule has 0 atom stereocenters. The molecule has 268 valence electrons. The molecule has 14 nitrogen and oxygen atoms in total. The van der Waals surface area contributed by atoms with Crippen LogP contribution in [0, 0.1) is 13.8 Å². The Kier molecular flexibility index (Phi) is 13.6. The van der Waals surface area contributed by atoms with Gasteiger partial charge in [0.15, 0.2) is 11.6 Å². The zero-order valence-electron chi connectivity index (χ0n) is 28.7. The second kappa shape index (κ2) is 18.5. The first-order chi connectivity index (χ1) is 24.3. The maximum absolute atomic E-state index is 13.4. The van der Waals surface area contributed by atoms with E-state index in [0.29, 0.717) is 102 Å². The molecule has 0 aliphatic carbocycles. The monoisotopic (exact) mass is 690 g/mol. The van der Waals surface area contributed by atoms with Crippen molar-refractivity contribution in [3.05, 3.63) is 104 Å². The lowest BCUT2D eigenvalue weighted by Crippen LogP contribution is -2.38. The lowest BCUT2D eigenvalue weighted by atomic mass is 10.1. The summed E-state index contributed by atoms with van der Waals surface area (Å²) in [7, 11) is 0. The molecule has 1 aliphatic heterocycles. The number of carbonyl (C=O) groups is 2. The van der Waals surface area contributed by atoms with Crippen LogP contribution < -0.4 is 11.1 Å². The summed E-state index contributed by atoms with van der Waals surface area (Å²) in [5.74, 6) is -0.549. The molecule has 2 aromatic carbocycles. The Hall–Kier alpha value is -4.44. The maximum Gasteiger partial charge on any atom is 0.282 e. The van der Waals surface area contributed by atoms with Crippen LogP contribution in [0.2, 0.25) is 0 Å². The number of rotatable bonds is 8. The average Bonchev–Trinajstić information content (AvgIpc) is 3.59. The molecule has 0 unspecified atom stereocenters. The third kappa shape index (κ3) is 9.84. The summed E-state index contributed by atoms with van der Waals surface area (Å²) in [6.45, 7) is 8.20. The van der Waals surface area contributed by atoms with Crippen LogP contribution in [0.4, 0.5) is 0 Å². The van der Waals surface area contributed by atoms with E-state index in [1.54, 1.807) is 38.1 Å². The van der Waals surface area contributed by atoms with E-state index in [1.165, 1.54) is 9.36 Å². The number of benzene rings is 2. The Balaban J connectivity index is 1.13. The van der Waals surface area contributed by atoms with Gasteiger partial charge in [-0.25, -0.2) is 9.36 Å². The number of ketones is 2. The van der Waals surface area contributed by atoms with Crippen molar-refractivity contribution in [3.8, 4) is 11.4 Å². The van der Waals surface area contributed by atoms with E-state index in [9.17, 15) is 19.2 Å². The second-order valence-corrected chi connectivity index (χ2v) is 12.0. The molecule has 3 heterocycles. The number of aryl methyl sites for hydroxylation is 2. The minimum absolute atomic E-state index is 0.0410. The summed E-state index contributed by atoms with van der Waals surface area (Å²) in [6.07, 6.45) is 0. The molecular weight excluding hydrogens is 644 g/mol. The van der Waals surface area contributed by atoms with E-state index < -0.39 is 0 Å². The van der Waals surface area contributed by atoms with E-state index in [2.05, 4.69) is 10.2 Å². The standard InChI is InChI=1S/C36H46N6O8/c1-27-33(35(45)41(37-27)29-9-5-3-6-10-29)31(43)25-39-13-17-47-21-23-49-19-15-40(16-20-50-24-22-48-18-14-39)26-32(44)34-28(2)38-42(36(34)46)30-11-7-4-8-12-30/h3-12,37-38H,13-26H2,1-2H3. The Morgan fingerprint density at radius 2 is 0.860 bits per heavy atom. The number of nitrogens with one attached hydrogen (secondary N) is 2. The maximum atomic E-state index is 13.4. The summed E-state index contributed by atoms with van der Waals surface area (Å²) in [6, 6.07) is 18.3. The van der Waals surface area contributed by atoms with Crippen molar-refractivity contribution in [3.63, 3.8) is 0 Å². The third-order valence-electron chi connectivity index (χ3n) is 8.42. The highest BCUT2D eigenvalue weighted by Crippen LogP contribution is 2.10. The molecule has 1 aliphatic rings. The van der Waals surface area contributed by atoms with Gasteiger partial charge in [-0.2, -0.15) is 0 Å². The molecule has 1 fully saturated rings. The van der Waals surface area contributed by atoms with Crippen LogP contribution in [0.1, 0.15) is 32.1 Å². The fourth-order valence-corrected chi connectivity index (χ4v) is 5.79. The Morgan fingerprint density at radius 1 is 0.540 bits per heavy atom. The van der Waals surface area contributed by atoms with Gasteiger partial charge in [0.25, 0.3) is 11.1 Å².